The number of aliphatic hydroxyl groups is 2. The second-order valence-electron chi connectivity index (χ2n) is 3.10. The van der Waals surface area contributed by atoms with Crippen molar-refractivity contribution in [1.29, 1.82) is 0 Å². The van der Waals surface area contributed by atoms with Crippen molar-refractivity contribution in [1.82, 2.24) is 5.32 Å². The van der Waals surface area contributed by atoms with Gasteiger partial charge in [0.05, 0.1) is 12.7 Å². The van der Waals surface area contributed by atoms with Crippen LogP contribution in [0, 0.1) is 0 Å². The van der Waals surface area contributed by atoms with Crippen molar-refractivity contribution in [3.05, 3.63) is 0 Å². The summed E-state index contributed by atoms with van der Waals surface area (Å²) < 4.78 is 4.78. The van der Waals surface area contributed by atoms with Gasteiger partial charge in [0.15, 0.2) is 0 Å². The van der Waals surface area contributed by atoms with Crippen LogP contribution in [0.3, 0.4) is 0 Å². The van der Waals surface area contributed by atoms with Crippen LogP contribution in [-0.4, -0.2) is 49.7 Å². The molecule has 4 heteroatoms. The molecule has 0 spiro atoms. The Bertz CT molecular complexity index is 101. The molecule has 13 heavy (non-hydrogen) atoms. The van der Waals surface area contributed by atoms with Gasteiger partial charge in [0.1, 0.15) is 0 Å². The van der Waals surface area contributed by atoms with Crippen LogP contribution in [0.25, 0.3) is 0 Å². The SMILES string of the molecule is COCC(O)CNCCCCCO. The average Bonchev–Trinajstić information content (AvgIpc) is 2.11. The lowest BCUT2D eigenvalue weighted by atomic mass is 10.2. The smallest absolute Gasteiger partial charge is 0.0897 e. The van der Waals surface area contributed by atoms with Crippen molar-refractivity contribution >= 4 is 0 Å². The molecule has 0 bridgehead atoms. The van der Waals surface area contributed by atoms with Crippen molar-refractivity contribution in [3.63, 3.8) is 0 Å². The highest BCUT2D eigenvalue weighted by Gasteiger charge is 2.00. The molecule has 0 amide bonds. The highest BCUT2D eigenvalue weighted by molar-refractivity contribution is 4.57. The molecule has 0 heterocycles. The van der Waals surface area contributed by atoms with Gasteiger partial charge in [-0.25, -0.2) is 0 Å². The van der Waals surface area contributed by atoms with Crippen molar-refractivity contribution in [3.8, 4) is 0 Å². The zero-order valence-electron chi connectivity index (χ0n) is 8.33. The minimum Gasteiger partial charge on any atom is -0.396 e. The average molecular weight is 191 g/mol. The summed E-state index contributed by atoms with van der Waals surface area (Å²) in [6.07, 6.45) is 2.52. The van der Waals surface area contributed by atoms with Crippen LogP contribution in [0.2, 0.25) is 0 Å². The molecule has 0 aromatic rings. The zero-order valence-corrected chi connectivity index (χ0v) is 8.33. The standard InChI is InChI=1S/C9H21NO3/c1-13-8-9(12)7-10-5-3-2-4-6-11/h9-12H,2-8H2,1H3. The highest BCUT2D eigenvalue weighted by Crippen LogP contribution is 1.91. The van der Waals surface area contributed by atoms with Crippen LogP contribution in [0.1, 0.15) is 19.3 Å². The summed E-state index contributed by atoms with van der Waals surface area (Å²) in [6.45, 7) is 2.11. The van der Waals surface area contributed by atoms with Gasteiger partial charge in [-0.1, -0.05) is 0 Å². The Kier molecular flexibility index (Phi) is 9.80. The van der Waals surface area contributed by atoms with Crippen molar-refractivity contribution < 1.29 is 14.9 Å². The van der Waals surface area contributed by atoms with Crippen LogP contribution < -0.4 is 5.32 Å². The molecule has 3 N–H and O–H groups in total. The van der Waals surface area contributed by atoms with Gasteiger partial charge in [0, 0.05) is 20.3 Å². The predicted molar refractivity (Wildman–Crippen MR) is 51.7 cm³/mol. The van der Waals surface area contributed by atoms with Crippen LogP contribution in [0.5, 0.6) is 0 Å². The Hall–Kier alpha value is -0.160. The first-order chi connectivity index (χ1) is 6.31. The van der Waals surface area contributed by atoms with Crippen LogP contribution in [0.4, 0.5) is 0 Å². The molecule has 0 saturated carbocycles. The van der Waals surface area contributed by atoms with Gasteiger partial charge in [-0.2, -0.15) is 0 Å². The number of methoxy groups -OCH3 is 1. The first-order valence-electron chi connectivity index (χ1n) is 4.79. The summed E-state index contributed by atoms with van der Waals surface area (Å²) in [6, 6.07) is 0. The zero-order chi connectivity index (χ0) is 9.94. The van der Waals surface area contributed by atoms with E-state index in [1.165, 1.54) is 0 Å². The van der Waals surface area contributed by atoms with Gasteiger partial charge < -0.3 is 20.3 Å². The van der Waals surface area contributed by atoms with E-state index in [4.69, 9.17) is 9.84 Å². The molecule has 0 aliphatic rings. The van der Waals surface area contributed by atoms with Crippen LogP contribution in [0.15, 0.2) is 0 Å². The van der Waals surface area contributed by atoms with Gasteiger partial charge >= 0.3 is 0 Å². The molecule has 0 fully saturated rings. The fourth-order valence-corrected chi connectivity index (χ4v) is 1.06. The van der Waals surface area contributed by atoms with Crippen molar-refractivity contribution in [2.45, 2.75) is 25.4 Å². The quantitative estimate of drug-likeness (QED) is 0.440. The summed E-state index contributed by atoms with van der Waals surface area (Å²) in [4.78, 5) is 0. The molecule has 0 aromatic heterocycles. The molecule has 0 saturated heterocycles. The van der Waals surface area contributed by atoms with E-state index in [0.29, 0.717) is 13.2 Å². The Labute approximate surface area is 79.9 Å². The number of rotatable bonds is 9. The summed E-state index contributed by atoms with van der Waals surface area (Å²) in [7, 11) is 1.57. The molecule has 0 aliphatic heterocycles. The number of ether oxygens (including phenoxy) is 1. The monoisotopic (exact) mass is 191 g/mol. The minimum atomic E-state index is -0.414. The molecule has 1 unspecified atom stereocenters. The fraction of sp³-hybridized carbons (Fsp3) is 1.00. The van der Waals surface area contributed by atoms with Gasteiger partial charge in [-0.3, -0.25) is 0 Å². The van der Waals surface area contributed by atoms with Crippen molar-refractivity contribution in [2.24, 2.45) is 0 Å². The summed E-state index contributed by atoms with van der Waals surface area (Å²) in [5.41, 5.74) is 0. The van der Waals surface area contributed by atoms with Gasteiger partial charge in [0.25, 0.3) is 0 Å². The van der Waals surface area contributed by atoms with E-state index < -0.39 is 6.10 Å². The lowest BCUT2D eigenvalue weighted by molar-refractivity contribution is 0.0646. The maximum atomic E-state index is 9.22. The Morgan fingerprint density at radius 3 is 2.69 bits per heavy atom. The number of aliphatic hydroxyl groups excluding tert-OH is 2. The van der Waals surface area contributed by atoms with E-state index in [0.717, 1.165) is 25.8 Å². The molecule has 0 aliphatic carbocycles. The van der Waals surface area contributed by atoms with E-state index in [1.807, 2.05) is 0 Å². The second-order valence-corrected chi connectivity index (χ2v) is 3.10. The van der Waals surface area contributed by atoms with E-state index in [-0.39, 0.29) is 6.61 Å². The van der Waals surface area contributed by atoms with Gasteiger partial charge in [0.2, 0.25) is 0 Å². The van der Waals surface area contributed by atoms with Crippen molar-refractivity contribution in [2.75, 3.05) is 33.4 Å². The van der Waals surface area contributed by atoms with Gasteiger partial charge in [-0.05, 0) is 25.8 Å². The Balaban J connectivity index is 2.97. The molecule has 80 valence electrons. The third-order valence-electron chi connectivity index (χ3n) is 1.75. The predicted octanol–water partition coefficient (Wildman–Crippen LogP) is -0.254. The first-order valence-corrected chi connectivity index (χ1v) is 4.79. The maximum absolute atomic E-state index is 9.22. The van der Waals surface area contributed by atoms with E-state index in [1.54, 1.807) is 7.11 Å². The highest BCUT2D eigenvalue weighted by atomic mass is 16.5. The number of unbranched alkanes of at least 4 members (excludes halogenated alkanes) is 2. The van der Waals surface area contributed by atoms with E-state index >= 15 is 0 Å². The minimum absolute atomic E-state index is 0.270. The normalized spacial score (nSPS) is 13.2. The second kappa shape index (κ2) is 9.92. The molecule has 0 aromatic carbocycles. The molecule has 0 radical (unpaired) electrons. The van der Waals surface area contributed by atoms with E-state index in [2.05, 4.69) is 5.32 Å². The lowest BCUT2D eigenvalue weighted by Gasteiger charge is -2.10. The maximum Gasteiger partial charge on any atom is 0.0897 e. The third-order valence-corrected chi connectivity index (χ3v) is 1.75. The first kappa shape index (κ1) is 12.8. The number of hydrogen-bond acceptors (Lipinski definition) is 4. The topological polar surface area (TPSA) is 61.7 Å². The molecular formula is C9H21NO3. The Morgan fingerprint density at radius 1 is 1.31 bits per heavy atom. The fourth-order valence-electron chi connectivity index (χ4n) is 1.06. The van der Waals surface area contributed by atoms with Gasteiger partial charge in [-0.15, -0.1) is 0 Å². The number of hydrogen-bond donors (Lipinski definition) is 3. The van der Waals surface area contributed by atoms with Crippen LogP contribution >= 0.6 is 0 Å². The third kappa shape index (κ3) is 9.76. The molecule has 0 rings (SSSR count). The largest absolute Gasteiger partial charge is 0.396 e. The lowest BCUT2D eigenvalue weighted by Crippen LogP contribution is -2.30. The van der Waals surface area contributed by atoms with E-state index in [9.17, 15) is 5.11 Å². The summed E-state index contributed by atoms with van der Waals surface area (Å²) in [5.74, 6) is 0. The molecule has 4 nitrogen and oxygen atoms in total. The summed E-state index contributed by atoms with van der Waals surface area (Å²) >= 11 is 0. The van der Waals surface area contributed by atoms with Crippen LogP contribution in [-0.2, 0) is 4.74 Å². The Morgan fingerprint density at radius 2 is 2.08 bits per heavy atom. The number of nitrogens with one attached hydrogen (secondary N) is 1. The summed E-state index contributed by atoms with van der Waals surface area (Å²) in [5, 5.41) is 20.8. The molecule has 1 atom stereocenters. The molecular weight excluding hydrogens is 170 g/mol.